The molecule has 0 saturated heterocycles. The first-order chi connectivity index (χ1) is 15.0. The molecule has 2 aromatic heterocycles. The SMILES string of the molecule is Cc1ccccc1NC(=S)N(CCc1c(C)[nH]c2ccc(F)cc12)Cc1ccccn1. The van der Waals surface area contributed by atoms with Crippen molar-refractivity contribution in [3.8, 4) is 0 Å². The van der Waals surface area contributed by atoms with Gasteiger partial charge in [-0.15, -0.1) is 0 Å². The molecule has 4 aromatic rings. The van der Waals surface area contributed by atoms with E-state index in [-0.39, 0.29) is 5.82 Å². The van der Waals surface area contributed by atoms with Crippen molar-refractivity contribution in [1.82, 2.24) is 14.9 Å². The van der Waals surface area contributed by atoms with Crippen LogP contribution in [0.25, 0.3) is 10.9 Å². The largest absolute Gasteiger partial charge is 0.358 e. The average Bonchev–Trinajstić information content (AvgIpc) is 3.07. The average molecular weight is 433 g/mol. The van der Waals surface area contributed by atoms with Crippen LogP contribution >= 0.6 is 12.2 Å². The van der Waals surface area contributed by atoms with Gasteiger partial charge in [-0.2, -0.15) is 0 Å². The van der Waals surface area contributed by atoms with Crippen molar-refractivity contribution in [1.29, 1.82) is 0 Å². The Bertz CT molecular complexity index is 1200. The number of nitrogens with zero attached hydrogens (tertiary/aromatic N) is 2. The lowest BCUT2D eigenvalue weighted by Gasteiger charge is -2.26. The molecule has 158 valence electrons. The molecule has 0 aliphatic rings. The number of benzene rings is 2. The quantitative estimate of drug-likeness (QED) is 0.380. The number of nitrogens with one attached hydrogen (secondary N) is 2. The number of aryl methyl sites for hydroxylation is 2. The number of halogens is 1. The third-order valence-corrected chi connectivity index (χ3v) is 5.83. The van der Waals surface area contributed by atoms with Gasteiger partial charge in [0.05, 0.1) is 12.2 Å². The molecule has 4 nitrogen and oxygen atoms in total. The highest BCUT2D eigenvalue weighted by Gasteiger charge is 2.15. The van der Waals surface area contributed by atoms with Gasteiger partial charge in [-0.3, -0.25) is 4.98 Å². The van der Waals surface area contributed by atoms with E-state index < -0.39 is 0 Å². The maximum atomic E-state index is 13.9. The summed E-state index contributed by atoms with van der Waals surface area (Å²) in [5, 5.41) is 4.95. The first-order valence-electron chi connectivity index (χ1n) is 10.3. The fourth-order valence-corrected chi connectivity index (χ4v) is 4.04. The number of H-pyrrole nitrogens is 1. The van der Waals surface area contributed by atoms with Gasteiger partial charge in [0, 0.05) is 35.0 Å². The Balaban J connectivity index is 1.57. The topological polar surface area (TPSA) is 44.0 Å². The van der Waals surface area contributed by atoms with Crippen LogP contribution in [0.3, 0.4) is 0 Å². The fraction of sp³-hybridized carbons (Fsp3) is 0.200. The van der Waals surface area contributed by atoms with Crippen molar-refractivity contribution in [2.24, 2.45) is 0 Å². The van der Waals surface area contributed by atoms with E-state index in [1.165, 1.54) is 6.07 Å². The maximum Gasteiger partial charge on any atom is 0.173 e. The first-order valence-corrected chi connectivity index (χ1v) is 10.7. The number of fused-ring (bicyclic) bond motifs is 1. The zero-order chi connectivity index (χ0) is 21.8. The number of hydrogen-bond acceptors (Lipinski definition) is 2. The highest BCUT2D eigenvalue weighted by atomic mass is 32.1. The third kappa shape index (κ3) is 4.91. The minimum absolute atomic E-state index is 0.227. The molecule has 0 aliphatic carbocycles. The molecular weight excluding hydrogens is 407 g/mol. The number of thiocarbonyl (C=S) groups is 1. The predicted molar refractivity (Wildman–Crippen MR) is 129 cm³/mol. The molecule has 0 aliphatic heterocycles. The molecule has 2 aromatic carbocycles. The summed E-state index contributed by atoms with van der Waals surface area (Å²) in [6, 6.07) is 18.8. The van der Waals surface area contributed by atoms with E-state index in [0.717, 1.165) is 45.5 Å². The second-order valence-electron chi connectivity index (χ2n) is 7.66. The molecule has 0 bridgehead atoms. The lowest BCUT2D eigenvalue weighted by Crippen LogP contribution is -2.36. The van der Waals surface area contributed by atoms with Crippen molar-refractivity contribution in [3.63, 3.8) is 0 Å². The number of para-hydroxylation sites is 1. The molecular formula is C25H25FN4S. The van der Waals surface area contributed by atoms with Crippen molar-refractivity contribution >= 4 is 33.9 Å². The maximum absolute atomic E-state index is 13.9. The Morgan fingerprint density at radius 3 is 2.68 bits per heavy atom. The summed E-state index contributed by atoms with van der Waals surface area (Å²) < 4.78 is 13.9. The van der Waals surface area contributed by atoms with E-state index in [1.54, 1.807) is 18.3 Å². The van der Waals surface area contributed by atoms with Crippen molar-refractivity contribution in [3.05, 3.63) is 95.2 Å². The number of anilines is 1. The summed E-state index contributed by atoms with van der Waals surface area (Å²) in [4.78, 5) is 9.94. The van der Waals surface area contributed by atoms with Crippen LogP contribution in [-0.4, -0.2) is 26.5 Å². The number of hydrogen-bond donors (Lipinski definition) is 2. The number of aromatic amines is 1. The van der Waals surface area contributed by atoms with Crippen LogP contribution in [0.2, 0.25) is 0 Å². The van der Waals surface area contributed by atoms with Crippen LogP contribution in [0.4, 0.5) is 10.1 Å². The van der Waals surface area contributed by atoms with Crippen LogP contribution in [0.1, 0.15) is 22.5 Å². The van der Waals surface area contributed by atoms with Crippen molar-refractivity contribution < 1.29 is 4.39 Å². The zero-order valence-electron chi connectivity index (χ0n) is 17.7. The lowest BCUT2D eigenvalue weighted by molar-refractivity contribution is 0.417. The van der Waals surface area contributed by atoms with E-state index in [9.17, 15) is 4.39 Å². The van der Waals surface area contributed by atoms with Gasteiger partial charge in [-0.25, -0.2) is 4.39 Å². The highest BCUT2D eigenvalue weighted by molar-refractivity contribution is 7.80. The summed E-state index contributed by atoms with van der Waals surface area (Å²) in [5.41, 5.74) is 6.17. The van der Waals surface area contributed by atoms with Crippen LogP contribution in [0, 0.1) is 19.7 Å². The Hall–Kier alpha value is -3.25. The minimum atomic E-state index is -0.227. The molecule has 0 fully saturated rings. The Morgan fingerprint density at radius 2 is 1.90 bits per heavy atom. The summed E-state index contributed by atoms with van der Waals surface area (Å²) >= 11 is 5.78. The van der Waals surface area contributed by atoms with Crippen molar-refractivity contribution in [2.45, 2.75) is 26.8 Å². The monoisotopic (exact) mass is 432 g/mol. The van der Waals surface area contributed by atoms with Gasteiger partial charge in [0.2, 0.25) is 0 Å². The van der Waals surface area contributed by atoms with Gasteiger partial charge in [-0.1, -0.05) is 24.3 Å². The summed E-state index contributed by atoms with van der Waals surface area (Å²) in [6.45, 7) is 5.35. The smallest absolute Gasteiger partial charge is 0.173 e. The molecule has 0 saturated carbocycles. The number of rotatable bonds is 6. The first kappa shape index (κ1) is 21.0. The predicted octanol–water partition coefficient (Wildman–Crippen LogP) is 5.76. The molecule has 6 heteroatoms. The molecule has 2 N–H and O–H groups in total. The van der Waals surface area contributed by atoms with E-state index in [2.05, 4.69) is 33.2 Å². The summed E-state index contributed by atoms with van der Waals surface area (Å²) in [6.07, 6.45) is 2.52. The highest BCUT2D eigenvalue weighted by Crippen LogP contribution is 2.24. The minimum Gasteiger partial charge on any atom is -0.358 e. The zero-order valence-corrected chi connectivity index (χ0v) is 18.5. The fourth-order valence-electron chi connectivity index (χ4n) is 3.77. The Morgan fingerprint density at radius 1 is 1.10 bits per heavy atom. The van der Waals surface area contributed by atoms with Crippen LogP contribution < -0.4 is 5.32 Å². The molecule has 2 heterocycles. The van der Waals surface area contributed by atoms with Crippen LogP contribution in [0.15, 0.2) is 66.9 Å². The second-order valence-corrected chi connectivity index (χ2v) is 8.04. The number of pyridine rings is 1. The van der Waals surface area contributed by atoms with Gasteiger partial charge >= 0.3 is 0 Å². The van der Waals surface area contributed by atoms with E-state index >= 15 is 0 Å². The lowest BCUT2D eigenvalue weighted by atomic mass is 10.1. The van der Waals surface area contributed by atoms with Gasteiger partial charge in [-0.05, 0) is 80.0 Å². The Kier molecular flexibility index (Phi) is 6.28. The van der Waals surface area contributed by atoms with Gasteiger partial charge < -0.3 is 15.2 Å². The number of aromatic nitrogens is 2. The van der Waals surface area contributed by atoms with Gasteiger partial charge in [0.15, 0.2) is 5.11 Å². The molecule has 31 heavy (non-hydrogen) atoms. The summed E-state index contributed by atoms with van der Waals surface area (Å²) in [7, 11) is 0. The van der Waals surface area contributed by atoms with E-state index in [1.807, 2.05) is 43.3 Å². The van der Waals surface area contributed by atoms with Gasteiger partial charge in [0.25, 0.3) is 0 Å². The molecule has 0 amide bonds. The van der Waals surface area contributed by atoms with E-state index in [4.69, 9.17) is 12.2 Å². The second kappa shape index (κ2) is 9.27. The Labute approximate surface area is 187 Å². The van der Waals surface area contributed by atoms with Gasteiger partial charge in [0.1, 0.15) is 5.82 Å². The van der Waals surface area contributed by atoms with Crippen LogP contribution in [-0.2, 0) is 13.0 Å². The molecule has 0 unspecified atom stereocenters. The molecule has 0 radical (unpaired) electrons. The third-order valence-electron chi connectivity index (χ3n) is 5.47. The summed E-state index contributed by atoms with van der Waals surface area (Å²) in [5.74, 6) is -0.227. The molecule has 0 atom stereocenters. The van der Waals surface area contributed by atoms with Crippen LogP contribution in [0.5, 0.6) is 0 Å². The standard InChI is InChI=1S/C25H25FN4S/c1-17-7-3-4-9-23(17)29-25(31)30(16-20-8-5-6-13-27-20)14-12-21-18(2)28-24-11-10-19(26)15-22(21)24/h3-11,13,15,28H,12,14,16H2,1-2H3,(H,29,31). The molecule has 0 spiro atoms. The van der Waals surface area contributed by atoms with Crippen molar-refractivity contribution in [2.75, 3.05) is 11.9 Å². The normalized spacial score (nSPS) is 10.9. The van der Waals surface area contributed by atoms with E-state index in [0.29, 0.717) is 18.2 Å². The molecule has 4 rings (SSSR count).